The van der Waals surface area contributed by atoms with Crippen molar-refractivity contribution in [3.05, 3.63) is 65.5 Å². The summed E-state index contributed by atoms with van der Waals surface area (Å²) < 4.78 is 0. The first kappa shape index (κ1) is 15.2. The van der Waals surface area contributed by atoms with Gasteiger partial charge < -0.3 is 10.6 Å². The van der Waals surface area contributed by atoms with Crippen molar-refractivity contribution in [1.82, 2.24) is 15.6 Å². The molecule has 2 rings (SSSR count). The molecule has 21 heavy (non-hydrogen) atoms. The summed E-state index contributed by atoms with van der Waals surface area (Å²) in [6.07, 6.45) is 4.34. The Hall–Kier alpha value is -2.20. The van der Waals surface area contributed by atoms with E-state index in [1.54, 1.807) is 12.4 Å². The van der Waals surface area contributed by atoms with E-state index in [1.807, 2.05) is 50.4 Å². The highest BCUT2D eigenvalue weighted by atomic mass is 16.1. The third kappa shape index (κ3) is 4.13. The SMILES string of the molecule is CNCCc1ccccc1C(=O)NC(C)c1cccnc1. The molecule has 0 saturated carbocycles. The van der Waals surface area contributed by atoms with Crippen molar-refractivity contribution in [2.24, 2.45) is 0 Å². The first-order chi connectivity index (χ1) is 10.2. The number of benzene rings is 1. The lowest BCUT2D eigenvalue weighted by molar-refractivity contribution is 0.0939. The molecule has 0 aliphatic rings. The van der Waals surface area contributed by atoms with Crippen LogP contribution in [0, 0.1) is 0 Å². The van der Waals surface area contributed by atoms with E-state index in [0.29, 0.717) is 0 Å². The largest absolute Gasteiger partial charge is 0.345 e. The van der Waals surface area contributed by atoms with E-state index in [9.17, 15) is 4.79 Å². The van der Waals surface area contributed by atoms with Crippen molar-refractivity contribution in [1.29, 1.82) is 0 Å². The molecule has 0 radical (unpaired) electrons. The molecule has 0 saturated heterocycles. The van der Waals surface area contributed by atoms with Gasteiger partial charge in [0.25, 0.3) is 5.91 Å². The topological polar surface area (TPSA) is 54.0 Å². The summed E-state index contributed by atoms with van der Waals surface area (Å²) in [5.41, 5.74) is 2.80. The number of pyridine rings is 1. The highest BCUT2D eigenvalue weighted by Gasteiger charge is 2.14. The van der Waals surface area contributed by atoms with Crippen molar-refractivity contribution < 1.29 is 4.79 Å². The molecule has 0 aliphatic heterocycles. The standard InChI is InChI=1S/C17H21N3O/c1-13(15-7-5-10-19-12-15)20-17(21)16-8-4-3-6-14(16)9-11-18-2/h3-8,10,12-13,18H,9,11H2,1-2H3,(H,20,21). The zero-order chi connectivity index (χ0) is 15.1. The molecule has 0 bridgehead atoms. The van der Waals surface area contributed by atoms with Gasteiger partial charge in [0, 0.05) is 18.0 Å². The second-order valence-corrected chi connectivity index (χ2v) is 4.99. The van der Waals surface area contributed by atoms with Crippen LogP contribution in [-0.4, -0.2) is 24.5 Å². The molecule has 1 aromatic carbocycles. The van der Waals surface area contributed by atoms with Gasteiger partial charge in [-0.3, -0.25) is 9.78 Å². The van der Waals surface area contributed by atoms with Crippen molar-refractivity contribution in [2.75, 3.05) is 13.6 Å². The Morgan fingerprint density at radius 1 is 1.24 bits per heavy atom. The van der Waals surface area contributed by atoms with E-state index in [1.165, 1.54) is 0 Å². The van der Waals surface area contributed by atoms with E-state index in [0.717, 1.165) is 29.7 Å². The average molecular weight is 283 g/mol. The summed E-state index contributed by atoms with van der Waals surface area (Å²) in [7, 11) is 1.91. The molecule has 1 unspecified atom stereocenters. The van der Waals surface area contributed by atoms with Crippen molar-refractivity contribution >= 4 is 5.91 Å². The van der Waals surface area contributed by atoms with Crippen molar-refractivity contribution in [3.63, 3.8) is 0 Å². The minimum atomic E-state index is -0.0662. The van der Waals surface area contributed by atoms with Gasteiger partial charge in [-0.25, -0.2) is 0 Å². The number of aromatic nitrogens is 1. The van der Waals surface area contributed by atoms with Crippen LogP contribution in [0.3, 0.4) is 0 Å². The summed E-state index contributed by atoms with van der Waals surface area (Å²) >= 11 is 0. The number of nitrogens with zero attached hydrogens (tertiary/aromatic N) is 1. The maximum absolute atomic E-state index is 12.5. The Labute approximate surface area is 125 Å². The molecule has 0 aliphatic carbocycles. The quantitative estimate of drug-likeness (QED) is 0.855. The third-order valence-corrected chi connectivity index (χ3v) is 3.44. The van der Waals surface area contributed by atoms with E-state index < -0.39 is 0 Å². The molecule has 0 fully saturated rings. The maximum atomic E-state index is 12.5. The molecule has 4 nitrogen and oxygen atoms in total. The van der Waals surface area contributed by atoms with Gasteiger partial charge in [0.15, 0.2) is 0 Å². The molecule has 2 N–H and O–H groups in total. The average Bonchev–Trinajstić information content (AvgIpc) is 2.54. The predicted octanol–water partition coefficient (Wildman–Crippen LogP) is 2.33. The van der Waals surface area contributed by atoms with Crippen LogP contribution in [0.5, 0.6) is 0 Å². The number of rotatable bonds is 6. The van der Waals surface area contributed by atoms with Gasteiger partial charge in [0.1, 0.15) is 0 Å². The molecule has 4 heteroatoms. The van der Waals surface area contributed by atoms with Gasteiger partial charge in [0.05, 0.1) is 6.04 Å². The van der Waals surface area contributed by atoms with Gasteiger partial charge in [0.2, 0.25) is 0 Å². The molecule has 1 atom stereocenters. The van der Waals surface area contributed by atoms with Crippen LogP contribution in [-0.2, 0) is 6.42 Å². The molecular weight excluding hydrogens is 262 g/mol. The second-order valence-electron chi connectivity index (χ2n) is 4.99. The van der Waals surface area contributed by atoms with Gasteiger partial charge in [-0.2, -0.15) is 0 Å². The Balaban J connectivity index is 2.10. The van der Waals surface area contributed by atoms with Gasteiger partial charge in [-0.1, -0.05) is 24.3 Å². The number of amides is 1. The normalized spacial score (nSPS) is 11.9. The lowest BCUT2D eigenvalue weighted by atomic mass is 10.0. The number of likely N-dealkylation sites (N-methyl/N-ethyl adjacent to an activating group) is 1. The molecule has 2 aromatic rings. The number of nitrogens with one attached hydrogen (secondary N) is 2. The predicted molar refractivity (Wildman–Crippen MR) is 84.2 cm³/mol. The molecule has 1 aromatic heterocycles. The van der Waals surface area contributed by atoms with Crippen LogP contribution < -0.4 is 10.6 Å². The summed E-state index contributed by atoms with van der Waals surface area (Å²) in [6, 6.07) is 11.5. The third-order valence-electron chi connectivity index (χ3n) is 3.44. The Morgan fingerprint density at radius 3 is 2.76 bits per heavy atom. The lowest BCUT2D eigenvalue weighted by Crippen LogP contribution is -2.28. The number of carbonyl (C=O) groups is 1. The number of carbonyl (C=O) groups excluding carboxylic acids is 1. The highest BCUT2D eigenvalue weighted by Crippen LogP contribution is 2.14. The summed E-state index contributed by atoms with van der Waals surface area (Å²) in [6.45, 7) is 2.81. The smallest absolute Gasteiger partial charge is 0.252 e. The minimum absolute atomic E-state index is 0.0435. The fourth-order valence-corrected chi connectivity index (χ4v) is 2.21. The van der Waals surface area contributed by atoms with Crippen LogP contribution >= 0.6 is 0 Å². The molecule has 110 valence electrons. The monoisotopic (exact) mass is 283 g/mol. The molecular formula is C17H21N3O. The van der Waals surface area contributed by atoms with E-state index in [-0.39, 0.29) is 11.9 Å². The highest BCUT2D eigenvalue weighted by molar-refractivity contribution is 5.95. The van der Waals surface area contributed by atoms with Gasteiger partial charge >= 0.3 is 0 Å². The van der Waals surface area contributed by atoms with Crippen LogP contribution in [0.25, 0.3) is 0 Å². The van der Waals surface area contributed by atoms with Crippen LogP contribution in [0.4, 0.5) is 0 Å². The Kier molecular flexibility index (Phi) is 5.46. The Morgan fingerprint density at radius 2 is 2.05 bits per heavy atom. The zero-order valence-corrected chi connectivity index (χ0v) is 12.5. The minimum Gasteiger partial charge on any atom is -0.345 e. The molecule has 0 spiro atoms. The molecule has 1 heterocycles. The van der Waals surface area contributed by atoms with Crippen LogP contribution in [0.2, 0.25) is 0 Å². The lowest BCUT2D eigenvalue weighted by Gasteiger charge is -2.15. The summed E-state index contributed by atoms with van der Waals surface area (Å²) in [4.78, 5) is 16.5. The fraction of sp³-hybridized carbons (Fsp3) is 0.294. The van der Waals surface area contributed by atoms with E-state index in [4.69, 9.17) is 0 Å². The van der Waals surface area contributed by atoms with Crippen molar-refractivity contribution in [2.45, 2.75) is 19.4 Å². The van der Waals surface area contributed by atoms with E-state index in [2.05, 4.69) is 15.6 Å². The van der Waals surface area contributed by atoms with Gasteiger partial charge in [-0.05, 0) is 50.2 Å². The fourth-order valence-electron chi connectivity index (χ4n) is 2.21. The van der Waals surface area contributed by atoms with Crippen molar-refractivity contribution in [3.8, 4) is 0 Å². The summed E-state index contributed by atoms with van der Waals surface area (Å²) in [5, 5.41) is 6.14. The van der Waals surface area contributed by atoms with E-state index >= 15 is 0 Å². The molecule has 1 amide bonds. The number of hydrogen-bond acceptors (Lipinski definition) is 3. The number of hydrogen-bond donors (Lipinski definition) is 2. The Bertz CT molecular complexity index is 584. The van der Waals surface area contributed by atoms with Crippen LogP contribution in [0.15, 0.2) is 48.8 Å². The second kappa shape index (κ2) is 7.55. The zero-order valence-electron chi connectivity index (χ0n) is 12.5. The van der Waals surface area contributed by atoms with Gasteiger partial charge in [-0.15, -0.1) is 0 Å². The maximum Gasteiger partial charge on any atom is 0.252 e. The van der Waals surface area contributed by atoms with Crippen LogP contribution in [0.1, 0.15) is 34.5 Å². The summed E-state index contributed by atoms with van der Waals surface area (Å²) in [5.74, 6) is -0.0435. The first-order valence-electron chi connectivity index (χ1n) is 7.15. The first-order valence-corrected chi connectivity index (χ1v) is 7.15.